The molecule has 4 N–H and O–H groups in total. The zero-order valence-corrected chi connectivity index (χ0v) is 15.4. The van der Waals surface area contributed by atoms with Crippen molar-refractivity contribution in [1.29, 1.82) is 5.41 Å². The first-order valence-corrected chi connectivity index (χ1v) is 9.27. The van der Waals surface area contributed by atoms with E-state index in [0.29, 0.717) is 16.1 Å². The molecule has 140 valence electrons. The highest BCUT2D eigenvalue weighted by Gasteiger charge is 2.30. The number of phenolic OH excluding ortho intramolecular Hbond substituents is 2. The van der Waals surface area contributed by atoms with E-state index in [2.05, 4.69) is 10.1 Å². The van der Waals surface area contributed by atoms with Crippen LogP contribution in [0.4, 0.5) is 0 Å². The van der Waals surface area contributed by atoms with Crippen LogP contribution in [-0.2, 0) is 0 Å². The molecule has 4 rings (SSSR count). The quantitative estimate of drug-likeness (QED) is 0.398. The number of rotatable bonds is 4. The largest absolute Gasteiger partial charge is 0.509 e. The SMILES string of the molecule is N=C1C(c2nc(-c3ccccc3)cs2)=C(O)CN1/N=C/c1ccc(O)c(O)c1. The lowest BCUT2D eigenvalue weighted by Crippen LogP contribution is -2.20. The van der Waals surface area contributed by atoms with Gasteiger partial charge in [-0.25, -0.2) is 9.99 Å². The van der Waals surface area contributed by atoms with Crippen molar-refractivity contribution < 1.29 is 15.3 Å². The lowest BCUT2D eigenvalue weighted by atomic mass is 10.2. The minimum atomic E-state index is -0.252. The Kier molecular flexibility index (Phi) is 4.54. The third-order valence-electron chi connectivity index (χ3n) is 4.22. The van der Waals surface area contributed by atoms with Crippen LogP contribution in [0.3, 0.4) is 0 Å². The van der Waals surface area contributed by atoms with Gasteiger partial charge in [-0.15, -0.1) is 11.3 Å². The predicted molar refractivity (Wildman–Crippen MR) is 109 cm³/mol. The summed E-state index contributed by atoms with van der Waals surface area (Å²) in [6, 6.07) is 14.0. The number of hydrazone groups is 1. The van der Waals surface area contributed by atoms with E-state index in [-0.39, 0.29) is 29.6 Å². The summed E-state index contributed by atoms with van der Waals surface area (Å²) in [6.45, 7) is 0.0645. The first kappa shape index (κ1) is 17.7. The van der Waals surface area contributed by atoms with Gasteiger partial charge in [-0.1, -0.05) is 30.3 Å². The number of nitrogens with zero attached hydrogens (tertiary/aromatic N) is 3. The van der Waals surface area contributed by atoms with Gasteiger partial charge < -0.3 is 15.3 Å². The van der Waals surface area contributed by atoms with Crippen molar-refractivity contribution in [2.45, 2.75) is 0 Å². The highest BCUT2D eigenvalue weighted by Crippen LogP contribution is 2.32. The summed E-state index contributed by atoms with van der Waals surface area (Å²) in [6.07, 6.45) is 1.45. The average molecular weight is 392 g/mol. The van der Waals surface area contributed by atoms with E-state index in [1.807, 2.05) is 35.7 Å². The second-order valence-corrected chi connectivity index (χ2v) is 6.98. The number of aromatic nitrogens is 1. The number of hydrogen-bond donors (Lipinski definition) is 4. The molecule has 2 heterocycles. The second kappa shape index (κ2) is 7.16. The van der Waals surface area contributed by atoms with Gasteiger partial charge in [0.05, 0.1) is 17.5 Å². The number of thiazole rings is 1. The molecule has 3 aromatic rings. The number of nitrogens with one attached hydrogen (secondary N) is 1. The Balaban J connectivity index is 1.55. The smallest absolute Gasteiger partial charge is 0.158 e. The molecule has 1 aliphatic heterocycles. The number of phenols is 2. The lowest BCUT2D eigenvalue weighted by Gasteiger charge is -2.11. The van der Waals surface area contributed by atoms with Crippen LogP contribution in [0.15, 0.2) is 64.8 Å². The molecule has 0 atom stereocenters. The molecule has 0 radical (unpaired) electrons. The van der Waals surface area contributed by atoms with Crippen LogP contribution < -0.4 is 0 Å². The van der Waals surface area contributed by atoms with Crippen LogP contribution in [0, 0.1) is 5.41 Å². The van der Waals surface area contributed by atoms with E-state index < -0.39 is 0 Å². The van der Waals surface area contributed by atoms with Gasteiger partial charge in [-0.3, -0.25) is 5.41 Å². The van der Waals surface area contributed by atoms with Crippen molar-refractivity contribution in [3.05, 3.63) is 70.2 Å². The molecule has 0 saturated heterocycles. The van der Waals surface area contributed by atoms with E-state index in [0.717, 1.165) is 11.3 Å². The predicted octanol–water partition coefficient (Wildman–Crippen LogP) is 3.82. The first-order chi connectivity index (χ1) is 13.5. The van der Waals surface area contributed by atoms with Gasteiger partial charge >= 0.3 is 0 Å². The second-order valence-electron chi connectivity index (χ2n) is 6.12. The van der Waals surface area contributed by atoms with Gasteiger partial charge in [-0.2, -0.15) is 5.10 Å². The molecule has 2 aromatic carbocycles. The molecule has 1 aromatic heterocycles. The summed E-state index contributed by atoms with van der Waals surface area (Å²) in [4.78, 5) is 4.56. The van der Waals surface area contributed by atoms with E-state index in [9.17, 15) is 15.3 Å². The number of hydrogen-bond acceptors (Lipinski definition) is 7. The van der Waals surface area contributed by atoms with Crippen LogP contribution in [0.2, 0.25) is 0 Å². The Bertz CT molecular complexity index is 1110. The fourth-order valence-electron chi connectivity index (χ4n) is 2.78. The molecular weight excluding hydrogens is 376 g/mol. The Hall–Kier alpha value is -3.65. The van der Waals surface area contributed by atoms with Gasteiger partial charge in [-0.05, 0) is 23.8 Å². The fraction of sp³-hybridized carbons (Fsp3) is 0.0500. The zero-order chi connectivity index (χ0) is 19.7. The Morgan fingerprint density at radius 3 is 2.61 bits per heavy atom. The lowest BCUT2D eigenvalue weighted by molar-refractivity contribution is 0.358. The van der Waals surface area contributed by atoms with Crippen molar-refractivity contribution in [3.63, 3.8) is 0 Å². The third kappa shape index (κ3) is 3.33. The molecule has 0 unspecified atom stereocenters. The topological polar surface area (TPSA) is 113 Å². The highest BCUT2D eigenvalue weighted by molar-refractivity contribution is 7.11. The van der Waals surface area contributed by atoms with Crippen LogP contribution in [-0.4, -0.2) is 43.9 Å². The third-order valence-corrected chi connectivity index (χ3v) is 5.08. The molecule has 7 nitrogen and oxygen atoms in total. The molecule has 0 saturated carbocycles. The highest BCUT2D eigenvalue weighted by atomic mass is 32.1. The Morgan fingerprint density at radius 1 is 1.07 bits per heavy atom. The maximum Gasteiger partial charge on any atom is 0.158 e. The fourth-order valence-corrected chi connectivity index (χ4v) is 3.67. The van der Waals surface area contributed by atoms with E-state index in [1.165, 1.54) is 34.7 Å². The van der Waals surface area contributed by atoms with Crippen LogP contribution in [0.5, 0.6) is 11.5 Å². The Morgan fingerprint density at radius 2 is 1.86 bits per heavy atom. The summed E-state index contributed by atoms with van der Waals surface area (Å²) in [5, 5.41) is 45.6. The van der Waals surface area contributed by atoms with Gasteiger partial charge in [0.1, 0.15) is 17.3 Å². The monoisotopic (exact) mass is 392 g/mol. The first-order valence-electron chi connectivity index (χ1n) is 8.39. The number of aliphatic hydroxyl groups excluding tert-OH is 1. The van der Waals surface area contributed by atoms with Crippen molar-refractivity contribution in [2.75, 3.05) is 6.54 Å². The summed E-state index contributed by atoms with van der Waals surface area (Å²) in [5.41, 5.74) is 2.67. The number of amidine groups is 1. The maximum atomic E-state index is 10.4. The van der Waals surface area contributed by atoms with Crippen LogP contribution >= 0.6 is 11.3 Å². The van der Waals surface area contributed by atoms with E-state index >= 15 is 0 Å². The standard InChI is InChI=1S/C20H16N4O3S/c21-19-18(20-23-14(11-28-20)13-4-2-1-3-5-13)17(27)10-24(19)22-9-12-6-7-15(25)16(26)8-12/h1-9,11,21,25-27H,10H2/b21-19?,22-9+. The van der Waals surface area contributed by atoms with Crippen molar-refractivity contribution in [1.82, 2.24) is 9.99 Å². The summed E-state index contributed by atoms with van der Waals surface area (Å²) < 4.78 is 0. The van der Waals surface area contributed by atoms with Gasteiger partial charge in [0.25, 0.3) is 0 Å². The minimum Gasteiger partial charge on any atom is -0.509 e. The molecule has 0 amide bonds. The number of aliphatic hydroxyl groups is 1. The number of aromatic hydroxyl groups is 2. The van der Waals surface area contributed by atoms with E-state index in [1.54, 1.807) is 6.07 Å². The average Bonchev–Trinajstić information content (AvgIpc) is 3.28. The molecule has 0 bridgehead atoms. The maximum absolute atomic E-state index is 10.4. The van der Waals surface area contributed by atoms with Crippen molar-refractivity contribution in [3.8, 4) is 22.8 Å². The van der Waals surface area contributed by atoms with Gasteiger partial charge in [0, 0.05) is 10.9 Å². The summed E-state index contributed by atoms with van der Waals surface area (Å²) in [5.74, 6) is -0.389. The van der Waals surface area contributed by atoms with E-state index in [4.69, 9.17) is 5.41 Å². The zero-order valence-electron chi connectivity index (χ0n) is 14.6. The van der Waals surface area contributed by atoms with Crippen LogP contribution in [0.25, 0.3) is 16.8 Å². The molecule has 1 aliphatic rings. The molecule has 0 spiro atoms. The molecule has 0 fully saturated rings. The van der Waals surface area contributed by atoms with Crippen LogP contribution in [0.1, 0.15) is 10.6 Å². The Labute approximate surface area is 164 Å². The molecule has 28 heavy (non-hydrogen) atoms. The molecular formula is C20H16N4O3S. The van der Waals surface area contributed by atoms with Gasteiger partial charge in [0.15, 0.2) is 17.3 Å². The minimum absolute atomic E-state index is 0.0321. The van der Waals surface area contributed by atoms with Crippen molar-refractivity contribution in [2.24, 2.45) is 5.10 Å². The van der Waals surface area contributed by atoms with Crippen molar-refractivity contribution >= 4 is 29.0 Å². The summed E-state index contributed by atoms with van der Waals surface area (Å²) >= 11 is 1.36. The normalized spacial score (nSPS) is 14.4. The van der Waals surface area contributed by atoms with Gasteiger partial charge in [0.2, 0.25) is 0 Å². The number of benzene rings is 2. The molecule has 8 heteroatoms. The molecule has 0 aliphatic carbocycles. The summed E-state index contributed by atoms with van der Waals surface area (Å²) in [7, 11) is 0.